The fourth-order valence-corrected chi connectivity index (χ4v) is 3.42. The van der Waals surface area contributed by atoms with Gasteiger partial charge in [0, 0.05) is 6.54 Å². The van der Waals surface area contributed by atoms with Gasteiger partial charge >= 0.3 is 0 Å². The van der Waals surface area contributed by atoms with E-state index in [-0.39, 0.29) is 16.9 Å². The summed E-state index contributed by atoms with van der Waals surface area (Å²) >= 11 is 0. The molecule has 0 spiro atoms. The van der Waals surface area contributed by atoms with Crippen molar-refractivity contribution in [2.75, 3.05) is 7.11 Å². The Bertz CT molecular complexity index is 763. The van der Waals surface area contributed by atoms with Crippen LogP contribution in [0.4, 0.5) is 0 Å². The fraction of sp³-hybridized carbons (Fsp3) is 0.333. The van der Waals surface area contributed by atoms with E-state index in [1.807, 2.05) is 57.2 Å². The van der Waals surface area contributed by atoms with Crippen LogP contribution in [0.25, 0.3) is 0 Å². The summed E-state index contributed by atoms with van der Waals surface area (Å²) in [5.74, 6) is 0.346. The molecule has 0 aliphatic carbocycles. The van der Waals surface area contributed by atoms with E-state index in [2.05, 4.69) is 4.72 Å². The Balaban J connectivity index is 2.34. The van der Waals surface area contributed by atoms with Gasteiger partial charge in [0.15, 0.2) is 0 Å². The van der Waals surface area contributed by atoms with Crippen LogP contribution in [-0.4, -0.2) is 15.5 Å². The standard InChI is InChI=1S/C18H23NO3S/c1-18(2,3)15-10-11-16(22-4)17(12-15)23(20,21)19-13-14-8-6-5-7-9-14/h5-12,19H,13H2,1-4H3. The van der Waals surface area contributed by atoms with Gasteiger partial charge in [-0.15, -0.1) is 0 Å². The molecule has 5 heteroatoms. The summed E-state index contributed by atoms with van der Waals surface area (Å²) in [6.45, 7) is 6.37. The maximum absolute atomic E-state index is 12.7. The fourth-order valence-electron chi connectivity index (χ4n) is 2.21. The van der Waals surface area contributed by atoms with Gasteiger partial charge in [-0.25, -0.2) is 13.1 Å². The van der Waals surface area contributed by atoms with E-state index in [0.717, 1.165) is 11.1 Å². The van der Waals surface area contributed by atoms with E-state index in [4.69, 9.17) is 4.74 Å². The van der Waals surface area contributed by atoms with Gasteiger partial charge in [-0.05, 0) is 28.7 Å². The molecule has 0 atom stereocenters. The molecule has 0 unspecified atom stereocenters. The van der Waals surface area contributed by atoms with Crippen LogP contribution in [0.2, 0.25) is 0 Å². The lowest BCUT2D eigenvalue weighted by Gasteiger charge is -2.21. The molecule has 0 aliphatic rings. The van der Waals surface area contributed by atoms with Crippen LogP contribution in [0.5, 0.6) is 5.75 Å². The third-order valence-electron chi connectivity index (χ3n) is 3.63. The highest BCUT2D eigenvalue weighted by Crippen LogP contribution is 2.30. The molecular weight excluding hydrogens is 310 g/mol. The Morgan fingerprint density at radius 2 is 1.70 bits per heavy atom. The van der Waals surface area contributed by atoms with Crippen molar-refractivity contribution in [3.8, 4) is 5.75 Å². The van der Waals surface area contributed by atoms with Crippen molar-refractivity contribution >= 4 is 10.0 Å². The van der Waals surface area contributed by atoms with Gasteiger partial charge in [0.2, 0.25) is 10.0 Å². The summed E-state index contributed by atoms with van der Waals surface area (Å²) in [5, 5.41) is 0. The molecule has 1 N–H and O–H groups in total. The number of hydrogen-bond acceptors (Lipinski definition) is 3. The second kappa shape index (κ2) is 6.72. The first kappa shape index (κ1) is 17.5. The first-order chi connectivity index (χ1) is 10.7. The highest BCUT2D eigenvalue weighted by Gasteiger charge is 2.23. The van der Waals surface area contributed by atoms with Crippen molar-refractivity contribution in [3.05, 3.63) is 59.7 Å². The molecule has 0 saturated heterocycles. The second-order valence-electron chi connectivity index (χ2n) is 6.43. The topological polar surface area (TPSA) is 55.4 Å². The number of hydrogen-bond donors (Lipinski definition) is 1. The summed E-state index contributed by atoms with van der Waals surface area (Å²) in [6.07, 6.45) is 0. The first-order valence-corrected chi connectivity index (χ1v) is 8.94. The van der Waals surface area contributed by atoms with Gasteiger partial charge in [-0.3, -0.25) is 0 Å². The molecule has 23 heavy (non-hydrogen) atoms. The van der Waals surface area contributed by atoms with Gasteiger partial charge < -0.3 is 4.74 Å². The molecule has 0 bridgehead atoms. The van der Waals surface area contributed by atoms with Crippen molar-refractivity contribution in [2.45, 2.75) is 37.6 Å². The van der Waals surface area contributed by atoms with Crippen LogP contribution in [0.15, 0.2) is 53.4 Å². The lowest BCUT2D eigenvalue weighted by Crippen LogP contribution is -2.24. The second-order valence-corrected chi connectivity index (χ2v) is 8.16. The zero-order chi connectivity index (χ0) is 17.1. The van der Waals surface area contributed by atoms with Crippen LogP contribution < -0.4 is 9.46 Å². The number of benzene rings is 2. The van der Waals surface area contributed by atoms with Crippen molar-refractivity contribution < 1.29 is 13.2 Å². The van der Waals surface area contributed by atoms with E-state index < -0.39 is 10.0 Å². The van der Waals surface area contributed by atoms with Crippen LogP contribution in [0.1, 0.15) is 31.9 Å². The average molecular weight is 333 g/mol. The molecule has 2 aromatic carbocycles. The van der Waals surface area contributed by atoms with E-state index in [1.165, 1.54) is 7.11 Å². The first-order valence-electron chi connectivity index (χ1n) is 7.46. The molecule has 4 nitrogen and oxygen atoms in total. The lowest BCUT2D eigenvalue weighted by atomic mass is 9.87. The molecule has 0 fully saturated rings. The number of methoxy groups -OCH3 is 1. The molecule has 124 valence electrons. The average Bonchev–Trinajstić information content (AvgIpc) is 2.52. The third kappa shape index (κ3) is 4.33. The van der Waals surface area contributed by atoms with E-state index in [9.17, 15) is 8.42 Å². The predicted octanol–water partition coefficient (Wildman–Crippen LogP) is 3.47. The Morgan fingerprint density at radius 1 is 1.04 bits per heavy atom. The minimum absolute atomic E-state index is 0.143. The van der Waals surface area contributed by atoms with E-state index in [0.29, 0.717) is 5.75 Å². The van der Waals surface area contributed by atoms with Crippen LogP contribution in [-0.2, 0) is 22.0 Å². The molecule has 0 aromatic heterocycles. The van der Waals surface area contributed by atoms with Crippen molar-refractivity contribution in [3.63, 3.8) is 0 Å². The highest BCUT2D eigenvalue weighted by atomic mass is 32.2. The number of rotatable bonds is 5. The number of sulfonamides is 1. The summed E-state index contributed by atoms with van der Waals surface area (Å²) in [4.78, 5) is 0.170. The summed E-state index contributed by atoms with van der Waals surface area (Å²) in [7, 11) is -2.18. The largest absolute Gasteiger partial charge is 0.495 e. The minimum Gasteiger partial charge on any atom is -0.495 e. The zero-order valence-corrected chi connectivity index (χ0v) is 14.8. The van der Waals surface area contributed by atoms with Crippen molar-refractivity contribution in [1.82, 2.24) is 4.72 Å². The molecule has 0 radical (unpaired) electrons. The van der Waals surface area contributed by atoms with Gasteiger partial charge in [0.25, 0.3) is 0 Å². The summed E-state index contributed by atoms with van der Waals surface area (Å²) in [6, 6.07) is 14.7. The molecule has 2 aromatic rings. The minimum atomic E-state index is -3.66. The molecule has 2 rings (SSSR count). The Labute approximate surface area is 138 Å². The Morgan fingerprint density at radius 3 is 2.26 bits per heavy atom. The van der Waals surface area contributed by atoms with Crippen molar-refractivity contribution in [2.24, 2.45) is 0 Å². The summed E-state index contributed by atoms with van der Waals surface area (Å²) in [5.41, 5.74) is 1.70. The molecular formula is C18H23NO3S. The summed E-state index contributed by atoms with van der Waals surface area (Å²) < 4.78 is 33.2. The van der Waals surface area contributed by atoms with E-state index >= 15 is 0 Å². The maximum atomic E-state index is 12.7. The maximum Gasteiger partial charge on any atom is 0.244 e. The van der Waals surface area contributed by atoms with Gasteiger partial charge in [-0.1, -0.05) is 57.2 Å². The van der Waals surface area contributed by atoms with Crippen molar-refractivity contribution in [1.29, 1.82) is 0 Å². The van der Waals surface area contributed by atoms with Crippen LogP contribution in [0.3, 0.4) is 0 Å². The third-order valence-corrected chi connectivity index (χ3v) is 5.05. The van der Waals surface area contributed by atoms with Gasteiger partial charge in [-0.2, -0.15) is 0 Å². The van der Waals surface area contributed by atoms with Crippen LogP contribution in [0, 0.1) is 0 Å². The SMILES string of the molecule is COc1ccc(C(C)(C)C)cc1S(=O)(=O)NCc1ccccc1. The number of nitrogens with one attached hydrogen (secondary N) is 1. The predicted molar refractivity (Wildman–Crippen MR) is 92.2 cm³/mol. The van der Waals surface area contributed by atoms with Crippen LogP contribution >= 0.6 is 0 Å². The zero-order valence-electron chi connectivity index (χ0n) is 14.0. The van der Waals surface area contributed by atoms with Gasteiger partial charge in [0.05, 0.1) is 7.11 Å². The molecule has 0 heterocycles. The quantitative estimate of drug-likeness (QED) is 0.911. The number of ether oxygens (including phenoxy) is 1. The lowest BCUT2D eigenvalue weighted by molar-refractivity contribution is 0.401. The Hall–Kier alpha value is -1.85. The highest BCUT2D eigenvalue weighted by molar-refractivity contribution is 7.89. The van der Waals surface area contributed by atoms with E-state index in [1.54, 1.807) is 12.1 Å². The molecule has 0 amide bonds. The molecule has 0 aliphatic heterocycles. The Kier molecular flexibility index (Phi) is 5.12. The normalized spacial score (nSPS) is 12.2. The molecule has 0 saturated carbocycles. The monoisotopic (exact) mass is 333 g/mol. The smallest absolute Gasteiger partial charge is 0.244 e. The van der Waals surface area contributed by atoms with Gasteiger partial charge in [0.1, 0.15) is 10.6 Å².